The summed E-state index contributed by atoms with van der Waals surface area (Å²) in [6.45, 7) is 3.70. The van der Waals surface area contributed by atoms with Crippen LogP contribution in [0.3, 0.4) is 0 Å². The van der Waals surface area contributed by atoms with Gasteiger partial charge in [-0.1, -0.05) is 11.6 Å². The van der Waals surface area contributed by atoms with Crippen LogP contribution in [0.15, 0.2) is 27.5 Å². The topological polar surface area (TPSA) is 56.6 Å². The molecule has 3 nitrogen and oxygen atoms in total. The summed E-state index contributed by atoms with van der Waals surface area (Å²) in [5, 5.41) is 9.65. The number of hydrogen-bond acceptors (Lipinski definition) is 2. The first kappa shape index (κ1) is 13.9. The number of aromatic nitrogens is 1. The van der Waals surface area contributed by atoms with E-state index in [-0.39, 0.29) is 5.56 Å². The monoisotopic (exact) mass is 336 g/mol. The minimum atomic E-state index is -0.397. The van der Waals surface area contributed by atoms with E-state index in [0.29, 0.717) is 21.8 Å². The molecule has 0 unspecified atom stereocenters. The molecule has 0 aliphatic carbocycles. The summed E-state index contributed by atoms with van der Waals surface area (Å²) in [5.41, 5.74) is 2.59. The average molecular weight is 338 g/mol. The minimum Gasteiger partial charge on any atom is -0.325 e. The lowest BCUT2D eigenvalue weighted by Gasteiger charge is -2.10. The van der Waals surface area contributed by atoms with Crippen molar-refractivity contribution >= 4 is 27.5 Å². The highest BCUT2D eigenvalue weighted by atomic mass is 79.9. The SMILES string of the molecule is Cc1cc(Br)c(Cl)c(-c2cc(C)[nH]c(=O)c2C#N)c1. The number of rotatable bonds is 1. The van der Waals surface area contributed by atoms with Gasteiger partial charge in [-0.05, 0) is 53.5 Å². The molecule has 1 aromatic carbocycles. The molecule has 0 amide bonds. The molecule has 2 rings (SSSR count). The van der Waals surface area contributed by atoms with Crippen LogP contribution in [-0.4, -0.2) is 4.98 Å². The van der Waals surface area contributed by atoms with Gasteiger partial charge in [-0.2, -0.15) is 5.26 Å². The predicted octanol–water partition coefficient (Wildman–Crippen LogP) is 3.95. The van der Waals surface area contributed by atoms with Crippen molar-refractivity contribution in [3.63, 3.8) is 0 Å². The van der Waals surface area contributed by atoms with Crippen LogP contribution in [0.2, 0.25) is 5.02 Å². The van der Waals surface area contributed by atoms with Gasteiger partial charge in [-0.25, -0.2) is 0 Å². The van der Waals surface area contributed by atoms with Crippen molar-refractivity contribution in [3.05, 3.63) is 54.9 Å². The zero-order chi connectivity index (χ0) is 14.2. The first-order chi connectivity index (χ1) is 8.93. The van der Waals surface area contributed by atoms with E-state index in [2.05, 4.69) is 20.9 Å². The molecule has 19 heavy (non-hydrogen) atoms. The predicted molar refractivity (Wildman–Crippen MR) is 79.4 cm³/mol. The number of pyridine rings is 1. The summed E-state index contributed by atoms with van der Waals surface area (Å²) >= 11 is 9.64. The number of hydrogen-bond donors (Lipinski definition) is 1. The van der Waals surface area contributed by atoms with Crippen LogP contribution in [0, 0.1) is 25.2 Å². The van der Waals surface area contributed by atoms with Crippen LogP contribution in [0.1, 0.15) is 16.8 Å². The van der Waals surface area contributed by atoms with E-state index in [1.807, 2.05) is 25.1 Å². The highest BCUT2D eigenvalue weighted by molar-refractivity contribution is 9.10. The Morgan fingerprint density at radius 1 is 1.26 bits per heavy atom. The van der Waals surface area contributed by atoms with Crippen molar-refractivity contribution in [2.24, 2.45) is 0 Å². The van der Waals surface area contributed by atoms with Gasteiger partial charge in [0.1, 0.15) is 11.6 Å². The maximum absolute atomic E-state index is 11.8. The summed E-state index contributed by atoms with van der Waals surface area (Å²) in [6.07, 6.45) is 0. The molecule has 0 atom stereocenters. The molecule has 0 spiro atoms. The summed E-state index contributed by atoms with van der Waals surface area (Å²) in [5.74, 6) is 0. The quantitative estimate of drug-likeness (QED) is 0.856. The van der Waals surface area contributed by atoms with Crippen molar-refractivity contribution in [1.82, 2.24) is 4.98 Å². The van der Waals surface area contributed by atoms with Gasteiger partial charge in [0.2, 0.25) is 0 Å². The lowest BCUT2D eigenvalue weighted by molar-refractivity contribution is 1.13. The normalized spacial score (nSPS) is 10.3. The number of aromatic amines is 1. The second-order valence-electron chi connectivity index (χ2n) is 4.29. The van der Waals surface area contributed by atoms with Crippen molar-refractivity contribution in [3.8, 4) is 17.2 Å². The number of aryl methyl sites for hydroxylation is 2. The Kier molecular flexibility index (Phi) is 3.79. The molecule has 0 saturated heterocycles. The molecule has 5 heteroatoms. The number of nitrogens with zero attached hydrogens (tertiary/aromatic N) is 1. The molecule has 0 saturated carbocycles. The lowest BCUT2D eigenvalue weighted by atomic mass is 9.99. The lowest BCUT2D eigenvalue weighted by Crippen LogP contribution is -2.12. The van der Waals surface area contributed by atoms with Crippen LogP contribution in [-0.2, 0) is 0 Å². The molecular weight excluding hydrogens is 328 g/mol. The highest BCUT2D eigenvalue weighted by Crippen LogP contribution is 2.35. The maximum atomic E-state index is 11.8. The molecule has 96 valence electrons. The van der Waals surface area contributed by atoms with E-state index in [1.54, 1.807) is 13.0 Å². The standard InChI is InChI=1S/C14H10BrClN2O/c1-7-3-10(13(16)12(15)4-7)9-5-8(2)18-14(19)11(9)6-17/h3-5H,1-2H3,(H,18,19). The summed E-state index contributed by atoms with van der Waals surface area (Å²) in [4.78, 5) is 14.4. The summed E-state index contributed by atoms with van der Waals surface area (Å²) < 4.78 is 0.742. The Morgan fingerprint density at radius 2 is 1.95 bits per heavy atom. The van der Waals surface area contributed by atoms with Crippen LogP contribution in [0.4, 0.5) is 0 Å². The molecule has 2 aromatic rings. The number of benzene rings is 1. The fourth-order valence-corrected chi connectivity index (χ4v) is 2.72. The van der Waals surface area contributed by atoms with Crippen molar-refractivity contribution < 1.29 is 0 Å². The van der Waals surface area contributed by atoms with Gasteiger partial charge in [0.25, 0.3) is 5.56 Å². The van der Waals surface area contributed by atoms with Gasteiger partial charge >= 0.3 is 0 Å². The number of nitrogens with one attached hydrogen (secondary N) is 1. The fourth-order valence-electron chi connectivity index (χ4n) is 1.93. The van der Waals surface area contributed by atoms with E-state index in [0.717, 1.165) is 10.0 Å². The Bertz CT molecular complexity index is 759. The van der Waals surface area contributed by atoms with E-state index >= 15 is 0 Å². The molecule has 0 aliphatic heterocycles. The van der Waals surface area contributed by atoms with Crippen LogP contribution in [0.5, 0.6) is 0 Å². The third-order valence-corrected chi connectivity index (χ3v) is 4.00. The Morgan fingerprint density at radius 3 is 2.58 bits per heavy atom. The van der Waals surface area contributed by atoms with E-state index in [4.69, 9.17) is 16.9 Å². The van der Waals surface area contributed by atoms with Gasteiger partial charge in [-0.15, -0.1) is 0 Å². The molecule has 0 aliphatic rings. The number of H-pyrrole nitrogens is 1. The highest BCUT2D eigenvalue weighted by Gasteiger charge is 2.15. The number of halogens is 2. The zero-order valence-electron chi connectivity index (χ0n) is 10.3. The van der Waals surface area contributed by atoms with E-state index in [1.165, 1.54) is 0 Å². The Balaban J connectivity index is 2.87. The van der Waals surface area contributed by atoms with Gasteiger partial charge < -0.3 is 4.98 Å². The van der Waals surface area contributed by atoms with Crippen LogP contribution < -0.4 is 5.56 Å². The second kappa shape index (κ2) is 5.20. The summed E-state index contributed by atoms with van der Waals surface area (Å²) in [6, 6.07) is 7.45. The Hall–Kier alpha value is -1.57. The fraction of sp³-hybridized carbons (Fsp3) is 0.143. The average Bonchev–Trinajstić information content (AvgIpc) is 2.33. The smallest absolute Gasteiger partial charge is 0.266 e. The molecule has 0 bridgehead atoms. The van der Waals surface area contributed by atoms with Crippen molar-refractivity contribution in [2.75, 3.05) is 0 Å². The van der Waals surface area contributed by atoms with Crippen molar-refractivity contribution in [2.45, 2.75) is 13.8 Å². The third-order valence-electron chi connectivity index (χ3n) is 2.74. The molecule has 0 radical (unpaired) electrons. The Labute approximate surface area is 124 Å². The second-order valence-corrected chi connectivity index (χ2v) is 5.52. The largest absolute Gasteiger partial charge is 0.325 e. The van der Waals surface area contributed by atoms with Crippen LogP contribution in [0.25, 0.3) is 11.1 Å². The van der Waals surface area contributed by atoms with Gasteiger partial charge in [-0.3, -0.25) is 4.79 Å². The van der Waals surface area contributed by atoms with Crippen LogP contribution >= 0.6 is 27.5 Å². The van der Waals surface area contributed by atoms with E-state index < -0.39 is 5.56 Å². The first-order valence-corrected chi connectivity index (χ1v) is 6.71. The third kappa shape index (κ3) is 2.58. The van der Waals surface area contributed by atoms with Gasteiger partial charge in [0, 0.05) is 21.3 Å². The maximum Gasteiger partial charge on any atom is 0.266 e. The number of nitriles is 1. The molecule has 1 heterocycles. The molecule has 1 aromatic heterocycles. The molecule has 1 N–H and O–H groups in total. The van der Waals surface area contributed by atoms with Crippen molar-refractivity contribution in [1.29, 1.82) is 5.26 Å². The van der Waals surface area contributed by atoms with Gasteiger partial charge in [0.05, 0.1) is 5.02 Å². The minimum absolute atomic E-state index is 0.0741. The molecular formula is C14H10BrClN2O. The zero-order valence-corrected chi connectivity index (χ0v) is 12.7. The van der Waals surface area contributed by atoms with E-state index in [9.17, 15) is 4.79 Å². The van der Waals surface area contributed by atoms with Gasteiger partial charge in [0.15, 0.2) is 0 Å². The molecule has 0 fully saturated rings. The summed E-state index contributed by atoms with van der Waals surface area (Å²) in [7, 11) is 0. The first-order valence-electron chi connectivity index (χ1n) is 5.54.